The van der Waals surface area contributed by atoms with Gasteiger partial charge in [-0.05, 0) is 71.1 Å². The molecule has 0 saturated carbocycles. The van der Waals surface area contributed by atoms with Crippen molar-refractivity contribution in [3.63, 3.8) is 0 Å². The number of hydrogen-bond donors (Lipinski definition) is 5. The van der Waals surface area contributed by atoms with E-state index in [9.17, 15) is 34.5 Å². The lowest BCUT2D eigenvalue weighted by Crippen LogP contribution is -2.68. The second-order valence-corrected chi connectivity index (χ2v) is 30.5. The van der Waals surface area contributed by atoms with E-state index >= 15 is 0 Å². The molecule has 4 aliphatic rings. The van der Waals surface area contributed by atoms with Crippen LogP contribution in [0.4, 0.5) is 0 Å². The van der Waals surface area contributed by atoms with Crippen molar-refractivity contribution in [2.45, 2.75) is 260 Å². The highest BCUT2D eigenvalue weighted by Gasteiger charge is 2.57. The van der Waals surface area contributed by atoms with Crippen molar-refractivity contribution in [3.8, 4) is 0 Å². The van der Waals surface area contributed by atoms with Gasteiger partial charge in [-0.3, -0.25) is 19.2 Å². The first-order valence-electron chi connectivity index (χ1n) is 25.2. The minimum Gasteiger partial charge on any atom is -0.388 e. The fourth-order valence-electron chi connectivity index (χ4n) is 10.1. The molecule has 0 bridgehead atoms. The third-order valence-corrected chi connectivity index (χ3v) is 20.4. The van der Waals surface area contributed by atoms with Gasteiger partial charge in [0.05, 0.1) is 65.0 Å². The Bertz CT molecular complexity index is 1770. The fourth-order valence-corrected chi connectivity index (χ4v) is 16.8. The molecule has 0 radical (unpaired) electrons. The van der Waals surface area contributed by atoms with E-state index in [4.69, 9.17) is 37.9 Å². The van der Waals surface area contributed by atoms with Crippen LogP contribution < -0.4 is 10.6 Å². The molecule has 4 aliphatic heterocycles. The first-order chi connectivity index (χ1) is 32.4. The number of amides is 2. The van der Waals surface area contributed by atoms with Gasteiger partial charge in [0, 0.05) is 25.7 Å². The van der Waals surface area contributed by atoms with E-state index in [1.54, 1.807) is 20.8 Å². The molecule has 21 heteroatoms. The van der Waals surface area contributed by atoms with Crippen molar-refractivity contribution in [2.24, 2.45) is 28.6 Å². The Morgan fingerprint density at radius 2 is 0.944 bits per heavy atom. The van der Waals surface area contributed by atoms with Crippen molar-refractivity contribution in [3.05, 3.63) is 0 Å². The molecule has 4 fully saturated rings. The van der Waals surface area contributed by atoms with E-state index in [1.807, 2.05) is 96.9 Å². The van der Waals surface area contributed by atoms with E-state index in [1.165, 1.54) is 13.8 Å². The van der Waals surface area contributed by atoms with Crippen molar-refractivity contribution in [1.82, 2.24) is 10.6 Å². The molecule has 22 atom stereocenters. The third-order valence-electron chi connectivity index (χ3n) is 13.7. The molecule has 17 nitrogen and oxygen atoms in total. The molecular formula is C50H90N2O15P2S2. The van der Waals surface area contributed by atoms with Gasteiger partial charge in [0.2, 0.25) is 22.0 Å². The second kappa shape index (κ2) is 24.6. The highest BCUT2D eigenvalue weighted by atomic mass is 32.5. The molecule has 0 spiro atoms. The maximum atomic E-state index is 14.9. The number of aliphatic hydroxyl groups is 3. The predicted molar refractivity (Wildman–Crippen MR) is 280 cm³/mol. The molecule has 22 unspecified atom stereocenters. The fraction of sp³-hybridized carbons (Fsp3) is 0.920. The summed E-state index contributed by atoms with van der Waals surface area (Å²) in [5.41, 5.74) is -2.51. The van der Waals surface area contributed by atoms with Crippen LogP contribution in [0.2, 0.25) is 0 Å². The Hall–Kier alpha value is -0.860. The normalized spacial score (nSPS) is 39.5. The summed E-state index contributed by atoms with van der Waals surface area (Å²) in [6.07, 6.45) is -14.4. The van der Waals surface area contributed by atoms with Crippen LogP contribution >= 0.6 is 16.0 Å². The third kappa shape index (κ3) is 15.6. The molecule has 4 saturated heterocycles. The SMILES string of the molecule is CCC1OC(C(C)(C)C)C(NC(C)=O)C(OC2OC(C(=O)S(=P)CS(=P)C(=O)C3OC(OC4C(O)C(CC)OC(C(C)(C)C)C4NC(C)=O)C(C)C(C)C3OC(C)(C)C)C(OC(C)(C)C)C(O)C2O)C1C. The maximum absolute atomic E-state index is 14.9. The van der Waals surface area contributed by atoms with Gasteiger partial charge in [0.25, 0.3) is 0 Å². The number of carbonyl (C=O) groups is 4. The topological polar surface area (TPSA) is 227 Å². The van der Waals surface area contributed by atoms with Crippen molar-refractivity contribution < 1.29 is 72.4 Å². The van der Waals surface area contributed by atoms with Gasteiger partial charge in [-0.2, -0.15) is 0 Å². The second-order valence-electron chi connectivity index (χ2n) is 24.2. The number of hydrogen-bond acceptors (Lipinski definition) is 15. The lowest BCUT2D eigenvalue weighted by Gasteiger charge is -2.52. The first-order valence-corrected chi connectivity index (χ1v) is 30.5. The summed E-state index contributed by atoms with van der Waals surface area (Å²) < 4.78 is 52.4. The monoisotopic (exact) mass is 1080 g/mol. The average Bonchev–Trinajstić information content (AvgIpc) is 3.22. The highest BCUT2D eigenvalue weighted by Crippen LogP contribution is 2.43. The van der Waals surface area contributed by atoms with Crippen LogP contribution in [0.15, 0.2) is 0 Å². The number of carbonyl (C=O) groups excluding carboxylic acids is 4. The van der Waals surface area contributed by atoms with Crippen LogP contribution in [-0.2, 0) is 77.2 Å². The van der Waals surface area contributed by atoms with Gasteiger partial charge in [0.1, 0.15) is 30.5 Å². The zero-order chi connectivity index (χ0) is 54.2. The number of ether oxygens (including phenoxy) is 8. The maximum Gasteiger partial charge on any atom is 0.219 e. The lowest BCUT2D eigenvalue weighted by molar-refractivity contribution is -0.329. The van der Waals surface area contributed by atoms with Crippen molar-refractivity contribution in [1.29, 1.82) is 0 Å². The Morgan fingerprint density at radius 3 is 1.38 bits per heavy atom. The van der Waals surface area contributed by atoms with E-state index in [-0.39, 0.29) is 40.8 Å². The quantitative estimate of drug-likeness (QED) is 0.138. The van der Waals surface area contributed by atoms with Gasteiger partial charge in [0.15, 0.2) is 24.8 Å². The Morgan fingerprint density at radius 1 is 0.535 bits per heavy atom. The molecule has 0 aliphatic carbocycles. The van der Waals surface area contributed by atoms with Gasteiger partial charge in [-0.25, -0.2) is 0 Å². The number of rotatable bonds is 14. The summed E-state index contributed by atoms with van der Waals surface area (Å²) in [6, 6.07) is -1.44. The van der Waals surface area contributed by atoms with Gasteiger partial charge in [-0.1, -0.05) is 112 Å². The van der Waals surface area contributed by atoms with Crippen molar-refractivity contribution in [2.75, 3.05) is 5.08 Å². The van der Waals surface area contributed by atoms with Crippen LogP contribution in [0.3, 0.4) is 0 Å². The summed E-state index contributed by atoms with van der Waals surface area (Å²) in [5.74, 6) is -1.63. The predicted octanol–water partition coefficient (Wildman–Crippen LogP) is 5.38. The van der Waals surface area contributed by atoms with E-state index in [2.05, 4.69) is 26.7 Å². The largest absolute Gasteiger partial charge is 0.388 e. The molecule has 0 aromatic rings. The Balaban J connectivity index is 1.67. The zero-order valence-corrected chi connectivity index (χ0v) is 49.4. The molecule has 4 rings (SSSR count). The number of aliphatic hydroxyl groups excluding tert-OH is 3. The summed E-state index contributed by atoms with van der Waals surface area (Å²) in [7, 11) is 4.57. The van der Waals surface area contributed by atoms with Gasteiger partial charge < -0.3 is 63.8 Å². The molecule has 2 amide bonds. The Kier molecular flexibility index (Phi) is 21.8. The smallest absolute Gasteiger partial charge is 0.219 e. The van der Waals surface area contributed by atoms with Gasteiger partial charge in [-0.15, -0.1) is 0 Å². The summed E-state index contributed by atoms with van der Waals surface area (Å²) in [6.45, 7) is 35.5. The van der Waals surface area contributed by atoms with E-state index in [0.29, 0.717) is 12.8 Å². The summed E-state index contributed by atoms with van der Waals surface area (Å²) in [4.78, 5) is 55.1. The molecule has 4 heterocycles. The summed E-state index contributed by atoms with van der Waals surface area (Å²) >= 11 is 0. The standard InChI is InChI=1S/C50H90N2O15P2S2/c1-20-28-25(5)35(30(51-26(6)53)41(60-28)47(8,9)10)62-46-34(57)33(56)38(67-50(17,18)19)40(65-46)44(59)71(69)22-70(68)43(58)39-36(66-49(14,15)16)23(3)24(4)45(64-39)63-37-31(52-27(7)54)42(48(11,12)13)61-29(21-2)32(37)55/h23-25,28-42,45-46,55-57,68-69H,20-22H2,1-19H3,(H,51,53)(H,52,54). The van der Waals surface area contributed by atoms with Crippen LogP contribution in [0, 0.1) is 28.6 Å². The van der Waals surface area contributed by atoms with E-state index < -0.39 is 150 Å². The van der Waals surface area contributed by atoms with Crippen LogP contribution in [0.5, 0.6) is 0 Å². The minimum absolute atomic E-state index is 0.0724. The minimum atomic E-state index is -1.66. The first kappa shape index (κ1) is 62.7. The Labute approximate surface area is 432 Å². The van der Waals surface area contributed by atoms with Crippen molar-refractivity contribution >= 4 is 58.2 Å². The van der Waals surface area contributed by atoms with Crippen LogP contribution in [-0.4, -0.2) is 158 Å². The lowest BCUT2D eigenvalue weighted by atomic mass is 9.76. The molecule has 71 heavy (non-hydrogen) atoms. The zero-order valence-electron chi connectivity index (χ0n) is 45.7. The van der Waals surface area contributed by atoms with Crippen LogP contribution in [0.25, 0.3) is 0 Å². The number of nitrogens with one attached hydrogen (secondary N) is 2. The highest BCUT2D eigenvalue weighted by molar-refractivity contribution is 8.39. The molecule has 412 valence electrons. The molecule has 0 aromatic heterocycles. The van der Waals surface area contributed by atoms with Crippen LogP contribution in [0.1, 0.15) is 144 Å². The molecule has 0 aromatic carbocycles. The van der Waals surface area contributed by atoms with E-state index in [0.717, 1.165) is 0 Å². The van der Waals surface area contributed by atoms with Gasteiger partial charge >= 0.3 is 0 Å². The average molecular weight is 1090 g/mol. The molecular weight excluding hydrogens is 995 g/mol. The molecule has 5 N–H and O–H groups in total. The summed E-state index contributed by atoms with van der Waals surface area (Å²) in [5, 5.41) is 40.3.